The van der Waals surface area contributed by atoms with Crippen LogP contribution >= 0.6 is 0 Å². The number of hydrazine groups is 1. The van der Waals surface area contributed by atoms with Gasteiger partial charge in [-0.25, -0.2) is 15.8 Å². The van der Waals surface area contributed by atoms with Crippen LogP contribution in [0.2, 0.25) is 0 Å². The van der Waals surface area contributed by atoms with Crippen molar-refractivity contribution in [2.24, 2.45) is 5.84 Å². The first-order chi connectivity index (χ1) is 7.70. The SMILES string of the molecule is C#CCCOc1ncnc(NN)c1C(C)C. The van der Waals surface area contributed by atoms with E-state index in [0.717, 1.165) is 5.56 Å². The summed E-state index contributed by atoms with van der Waals surface area (Å²) >= 11 is 0. The Morgan fingerprint density at radius 1 is 1.56 bits per heavy atom. The standard InChI is InChI=1S/C11H16N4O/c1-4-5-6-16-11-9(8(2)3)10(15-12)13-7-14-11/h1,7-8H,5-6,12H2,2-3H3,(H,13,14,15). The topological polar surface area (TPSA) is 73.1 Å². The number of ether oxygens (including phenoxy) is 1. The van der Waals surface area contributed by atoms with Crippen molar-refractivity contribution in [3.63, 3.8) is 0 Å². The van der Waals surface area contributed by atoms with Crippen molar-refractivity contribution in [3.05, 3.63) is 11.9 Å². The third-order valence-electron chi connectivity index (χ3n) is 2.05. The lowest BCUT2D eigenvalue weighted by atomic mass is 10.1. The Kier molecular flexibility index (Phi) is 4.55. The largest absolute Gasteiger partial charge is 0.476 e. The number of anilines is 1. The summed E-state index contributed by atoms with van der Waals surface area (Å²) in [7, 11) is 0. The van der Waals surface area contributed by atoms with Gasteiger partial charge in [0.15, 0.2) is 5.82 Å². The van der Waals surface area contributed by atoms with E-state index >= 15 is 0 Å². The molecule has 0 aliphatic heterocycles. The molecule has 0 aliphatic carbocycles. The van der Waals surface area contributed by atoms with Crippen LogP contribution in [0.3, 0.4) is 0 Å². The molecule has 1 heterocycles. The highest BCUT2D eigenvalue weighted by atomic mass is 16.5. The second-order valence-corrected chi connectivity index (χ2v) is 3.54. The zero-order valence-electron chi connectivity index (χ0n) is 9.53. The quantitative estimate of drug-likeness (QED) is 0.338. The van der Waals surface area contributed by atoms with Crippen LogP contribution < -0.4 is 16.0 Å². The lowest BCUT2D eigenvalue weighted by molar-refractivity contribution is 0.309. The molecule has 1 aromatic heterocycles. The van der Waals surface area contributed by atoms with Gasteiger partial charge in [-0.05, 0) is 5.92 Å². The van der Waals surface area contributed by atoms with E-state index in [1.807, 2.05) is 13.8 Å². The highest BCUT2D eigenvalue weighted by Crippen LogP contribution is 2.29. The fourth-order valence-electron chi connectivity index (χ4n) is 1.34. The number of nitrogen functional groups attached to an aromatic ring is 1. The highest BCUT2D eigenvalue weighted by molar-refractivity contribution is 5.49. The van der Waals surface area contributed by atoms with Crippen molar-refractivity contribution in [1.29, 1.82) is 0 Å². The molecule has 0 spiro atoms. The molecule has 5 nitrogen and oxygen atoms in total. The van der Waals surface area contributed by atoms with Crippen LogP contribution in [0.15, 0.2) is 6.33 Å². The van der Waals surface area contributed by atoms with Gasteiger partial charge in [0.25, 0.3) is 0 Å². The molecule has 0 bridgehead atoms. The third-order valence-corrected chi connectivity index (χ3v) is 2.05. The van der Waals surface area contributed by atoms with Gasteiger partial charge in [0.05, 0.1) is 5.56 Å². The normalized spacial score (nSPS) is 9.94. The van der Waals surface area contributed by atoms with Crippen LogP contribution in [0.1, 0.15) is 31.7 Å². The van der Waals surface area contributed by atoms with Crippen LogP contribution in [0, 0.1) is 12.3 Å². The molecule has 0 radical (unpaired) electrons. The van der Waals surface area contributed by atoms with E-state index < -0.39 is 0 Å². The maximum Gasteiger partial charge on any atom is 0.222 e. The Balaban J connectivity index is 2.94. The van der Waals surface area contributed by atoms with Crippen LogP contribution in [0.5, 0.6) is 5.88 Å². The van der Waals surface area contributed by atoms with E-state index in [1.54, 1.807) is 0 Å². The predicted molar refractivity (Wildman–Crippen MR) is 62.9 cm³/mol. The number of nitrogens with one attached hydrogen (secondary N) is 1. The molecule has 5 heteroatoms. The van der Waals surface area contributed by atoms with Crippen molar-refractivity contribution in [2.75, 3.05) is 12.0 Å². The average Bonchev–Trinajstić information content (AvgIpc) is 2.28. The summed E-state index contributed by atoms with van der Waals surface area (Å²) in [5.41, 5.74) is 3.40. The summed E-state index contributed by atoms with van der Waals surface area (Å²) in [5.74, 6) is 9.23. The number of rotatable bonds is 5. The molecule has 0 saturated heterocycles. The third kappa shape index (κ3) is 2.84. The molecule has 0 saturated carbocycles. The fraction of sp³-hybridized carbons (Fsp3) is 0.455. The van der Waals surface area contributed by atoms with Gasteiger partial charge in [-0.3, -0.25) is 0 Å². The molecule has 0 fully saturated rings. The van der Waals surface area contributed by atoms with Crippen LogP contribution in [0.25, 0.3) is 0 Å². The summed E-state index contributed by atoms with van der Waals surface area (Å²) in [6.45, 7) is 4.48. The summed E-state index contributed by atoms with van der Waals surface area (Å²) in [5, 5.41) is 0. The van der Waals surface area contributed by atoms with Crippen LogP contribution in [0.4, 0.5) is 5.82 Å². The first-order valence-corrected chi connectivity index (χ1v) is 5.08. The van der Waals surface area contributed by atoms with Gasteiger partial charge in [0, 0.05) is 6.42 Å². The van der Waals surface area contributed by atoms with Gasteiger partial charge in [0.2, 0.25) is 5.88 Å². The van der Waals surface area contributed by atoms with Gasteiger partial charge in [-0.15, -0.1) is 12.3 Å². The molecule has 0 atom stereocenters. The lowest BCUT2D eigenvalue weighted by Crippen LogP contribution is -2.14. The molecule has 0 unspecified atom stereocenters. The Hall–Kier alpha value is -1.80. The van der Waals surface area contributed by atoms with Crippen LogP contribution in [-0.4, -0.2) is 16.6 Å². The molecule has 0 aliphatic rings. The van der Waals surface area contributed by atoms with E-state index in [2.05, 4.69) is 21.3 Å². The molecule has 1 rings (SSSR count). The molecule has 1 aromatic rings. The Bertz CT molecular complexity index is 384. The smallest absolute Gasteiger partial charge is 0.222 e. The molecule has 0 aromatic carbocycles. The summed E-state index contributed by atoms with van der Waals surface area (Å²) in [6.07, 6.45) is 7.11. The Morgan fingerprint density at radius 2 is 2.31 bits per heavy atom. The van der Waals surface area contributed by atoms with Gasteiger partial charge >= 0.3 is 0 Å². The second kappa shape index (κ2) is 5.93. The van der Waals surface area contributed by atoms with E-state index in [0.29, 0.717) is 24.7 Å². The van der Waals surface area contributed by atoms with E-state index in [9.17, 15) is 0 Å². The van der Waals surface area contributed by atoms with Gasteiger partial charge in [-0.2, -0.15) is 0 Å². The molecular formula is C11H16N4O. The number of hydrogen-bond donors (Lipinski definition) is 2. The number of terminal acetylenes is 1. The Labute approximate surface area is 95.4 Å². The van der Waals surface area contributed by atoms with Crippen molar-refractivity contribution in [3.8, 4) is 18.2 Å². The maximum atomic E-state index is 5.49. The minimum atomic E-state index is 0.216. The molecular weight excluding hydrogens is 204 g/mol. The molecule has 86 valence electrons. The summed E-state index contributed by atoms with van der Waals surface area (Å²) in [6, 6.07) is 0. The van der Waals surface area contributed by atoms with Crippen molar-refractivity contribution in [2.45, 2.75) is 26.2 Å². The van der Waals surface area contributed by atoms with Crippen LogP contribution in [-0.2, 0) is 0 Å². The number of hydrogen-bond acceptors (Lipinski definition) is 5. The fourth-order valence-corrected chi connectivity index (χ4v) is 1.34. The minimum absolute atomic E-state index is 0.216. The number of nitrogens with zero attached hydrogens (tertiary/aromatic N) is 2. The van der Waals surface area contributed by atoms with Gasteiger partial charge < -0.3 is 10.2 Å². The Morgan fingerprint density at radius 3 is 2.88 bits per heavy atom. The number of aromatic nitrogens is 2. The van der Waals surface area contributed by atoms with E-state index in [-0.39, 0.29) is 5.92 Å². The second-order valence-electron chi connectivity index (χ2n) is 3.54. The summed E-state index contributed by atoms with van der Waals surface area (Å²) in [4.78, 5) is 8.12. The van der Waals surface area contributed by atoms with Crippen molar-refractivity contribution < 1.29 is 4.74 Å². The van der Waals surface area contributed by atoms with E-state index in [1.165, 1.54) is 6.33 Å². The van der Waals surface area contributed by atoms with E-state index in [4.69, 9.17) is 17.0 Å². The van der Waals surface area contributed by atoms with Gasteiger partial charge in [0.1, 0.15) is 12.9 Å². The van der Waals surface area contributed by atoms with Crippen molar-refractivity contribution in [1.82, 2.24) is 9.97 Å². The van der Waals surface area contributed by atoms with Gasteiger partial charge in [-0.1, -0.05) is 13.8 Å². The molecule has 0 amide bonds. The molecule has 16 heavy (non-hydrogen) atoms. The minimum Gasteiger partial charge on any atom is -0.476 e. The summed E-state index contributed by atoms with van der Waals surface area (Å²) < 4.78 is 5.49. The average molecular weight is 220 g/mol. The lowest BCUT2D eigenvalue weighted by Gasteiger charge is -2.14. The predicted octanol–water partition coefficient (Wildman–Crippen LogP) is 1.29. The zero-order chi connectivity index (χ0) is 12.0. The first-order valence-electron chi connectivity index (χ1n) is 5.08. The maximum absolute atomic E-state index is 5.49. The zero-order valence-corrected chi connectivity index (χ0v) is 9.53. The molecule has 3 N–H and O–H groups in total. The number of nitrogens with two attached hydrogens (primary N) is 1. The monoisotopic (exact) mass is 220 g/mol. The highest BCUT2D eigenvalue weighted by Gasteiger charge is 2.15. The van der Waals surface area contributed by atoms with Crippen molar-refractivity contribution >= 4 is 5.82 Å². The first kappa shape index (κ1) is 12.3.